The fraction of sp³-hybridized carbons (Fsp3) is 0.308. The summed E-state index contributed by atoms with van der Waals surface area (Å²) >= 11 is 0. The molecule has 1 aromatic rings. The lowest BCUT2D eigenvalue weighted by Crippen LogP contribution is -2.12. The molecule has 0 saturated heterocycles. The van der Waals surface area contributed by atoms with E-state index in [1.807, 2.05) is 0 Å². The van der Waals surface area contributed by atoms with Gasteiger partial charge in [0.1, 0.15) is 11.5 Å². The zero-order valence-electron chi connectivity index (χ0n) is 10.4. The molecular formula is C13H16O5. The van der Waals surface area contributed by atoms with Crippen LogP contribution in [0.3, 0.4) is 0 Å². The molecule has 1 rings (SSSR count). The molecule has 0 atom stereocenters. The van der Waals surface area contributed by atoms with E-state index < -0.39 is 5.97 Å². The van der Waals surface area contributed by atoms with E-state index in [4.69, 9.17) is 14.6 Å². The van der Waals surface area contributed by atoms with Crippen LogP contribution in [0, 0.1) is 0 Å². The molecule has 0 radical (unpaired) electrons. The molecule has 1 aromatic carbocycles. The molecule has 0 aliphatic carbocycles. The molecule has 5 nitrogen and oxygen atoms in total. The number of carbonyl (C=O) groups excluding carboxylic acids is 1. The van der Waals surface area contributed by atoms with Crippen molar-refractivity contribution >= 4 is 12.0 Å². The molecule has 0 fully saturated rings. The number of esters is 1. The van der Waals surface area contributed by atoms with Gasteiger partial charge in [-0.1, -0.05) is 12.2 Å². The molecule has 0 aromatic heterocycles. The molecule has 0 spiro atoms. The zero-order chi connectivity index (χ0) is 13.4. The SMILES string of the molecule is COC(=O)COc1cc(/C=C/CO)cc(OC)c1. The molecule has 0 unspecified atom stereocenters. The Bertz CT molecular complexity index is 425. The number of rotatable bonds is 6. The second-order valence-corrected chi connectivity index (χ2v) is 3.39. The molecule has 0 heterocycles. The predicted octanol–water partition coefficient (Wildman–Crippen LogP) is 1.25. The molecular weight excluding hydrogens is 236 g/mol. The van der Waals surface area contributed by atoms with Crippen LogP contribution in [0.1, 0.15) is 5.56 Å². The largest absolute Gasteiger partial charge is 0.497 e. The number of hydrogen-bond acceptors (Lipinski definition) is 5. The fourth-order valence-corrected chi connectivity index (χ4v) is 1.28. The summed E-state index contributed by atoms with van der Waals surface area (Å²) in [6.07, 6.45) is 3.33. The van der Waals surface area contributed by atoms with Gasteiger partial charge in [-0.3, -0.25) is 0 Å². The highest BCUT2D eigenvalue weighted by molar-refractivity contribution is 5.71. The maximum Gasteiger partial charge on any atom is 0.343 e. The highest BCUT2D eigenvalue weighted by Crippen LogP contribution is 2.23. The number of hydrogen-bond donors (Lipinski definition) is 1. The fourth-order valence-electron chi connectivity index (χ4n) is 1.28. The van der Waals surface area contributed by atoms with Gasteiger partial charge in [-0.2, -0.15) is 0 Å². The topological polar surface area (TPSA) is 65.0 Å². The third-order valence-corrected chi connectivity index (χ3v) is 2.14. The van der Waals surface area contributed by atoms with Crippen LogP contribution < -0.4 is 9.47 Å². The standard InChI is InChI=1S/C13H16O5/c1-16-11-6-10(4-3-5-14)7-12(8-11)18-9-13(15)17-2/h3-4,6-8,14H,5,9H2,1-2H3/b4-3+. The van der Waals surface area contributed by atoms with Gasteiger partial charge in [0.05, 0.1) is 20.8 Å². The summed E-state index contributed by atoms with van der Waals surface area (Å²) in [5, 5.41) is 8.72. The lowest BCUT2D eigenvalue weighted by Gasteiger charge is -2.08. The highest BCUT2D eigenvalue weighted by Gasteiger charge is 2.04. The van der Waals surface area contributed by atoms with E-state index >= 15 is 0 Å². The van der Waals surface area contributed by atoms with E-state index in [9.17, 15) is 4.79 Å². The van der Waals surface area contributed by atoms with Crippen molar-refractivity contribution < 1.29 is 24.1 Å². The average Bonchev–Trinajstić information content (AvgIpc) is 2.42. The normalized spacial score (nSPS) is 10.4. The summed E-state index contributed by atoms with van der Waals surface area (Å²) < 4.78 is 14.9. The number of carbonyl (C=O) groups is 1. The van der Waals surface area contributed by atoms with Crippen molar-refractivity contribution in [1.82, 2.24) is 0 Å². The zero-order valence-corrected chi connectivity index (χ0v) is 10.4. The number of methoxy groups -OCH3 is 2. The van der Waals surface area contributed by atoms with Gasteiger partial charge in [0.15, 0.2) is 6.61 Å². The second-order valence-electron chi connectivity index (χ2n) is 3.39. The molecule has 5 heteroatoms. The summed E-state index contributed by atoms with van der Waals surface area (Å²) in [5.41, 5.74) is 0.809. The third-order valence-electron chi connectivity index (χ3n) is 2.14. The number of benzene rings is 1. The summed E-state index contributed by atoms with van der Waals surface area (Å²) in [6.45, 7) is -0.206. The smallest absolute Gasteiger partial charge is 0.343 e. The quantitative estimate of drug-likeness (QED) is 0.772. The predicted molar refractivity (Wildman–Crippen MR) is 66.6 cm³/mol. The molecule has 0 saturated carbocycles. The maximum absolute atomic E-state index is 11.0. The number of aliphatic hydroxyl groups is 1. The molecule has 0 bridgehead atoms. The first kappa shape index (κ1) is 14.1. The van der Waals surface area contributed by atoms with Crippen molar-refractivity contribution in [2.24, 2.45) is 0 Å². The summed E-state index contributed by atoms with van der Waals surface area (Å²) in [6, 6.07) is 5.19. The molecule has 0 aliphatic rings. The Balaban J connectivity index is 2.83. The van der Waals surface area contributed by atoms with Crippen molar-refractivity contribution in [2.45, 2.75) is 0 Å². The third kappa shape index (κ3) is 4.47. The van der Waals surface area contributed by atoms with Crippen LogP contribution in [0.2, 0.25) is 0 Å². The molecule has 98 valence electrons. The highest BCUT2D eigenvalue weighted by atomic mass is 16.6. The van der Waals surface area contributed by atoms with Crippen LogP contribution >= 0.6 is 0 Å². The van der Waals surface area contributed by atoms with E-state index in [-0.39, 0.29) is 13.2 Å². The van der Waals surface area contributed by atoms with Crippen molar-refractivity contribution in [3.8, 4) is 11.5 Å². The summed E-state index contributed by atoms with van der Waals surface area (Å²) in [5.74, 6) is 0.651. The van der Waals surface area contributed by atoms with Crippen LogP contribution in [-0.2, 0) is 9.53 Å². The van der Waals surface area contributed by atoms with Gasteiger partial charge in [0.2, 0.25) is 0 Å². The van der Waals surface area contributed by atoms with E-state index in [2.05, 4.69) is 4.74 Å². The first-order chi connectivity index (χ1) is 8.69. The van der Waals surface area contributed by atoms with Gasteiger partial charge in [0.25, 0.3) is 0 Å². The van der Waals surface area contributed by atoms with Crippen molar-refractivity contribution in [1.29, 1.82) is 0 Å². The van der Waals surface area contributed by atoms with Crippen LogP contribution in [-0.4, -0.2) is 38.5 Å². The number of ether oxygens (including phenoxy) is 3. The van der Waals surface area contributed by atoms with Gasteiger partial charge in [0, 0.05) is 6.07 Å². The van der Waals surface area contributed by atoms with E-state index in [0.29, 0.717) is 11.5 Å². The molecule has 0 amide bonds. The second kappa shape index (κ2) is 7.34. The molecule has 0 aliphatic heterocycles. The Morgan fingerprint density at radius 3 is 2.61 bits per heavy atom. The minimum atomic E-state index is -0.453. The van der Waals surface area contributed by atoms with Crippen molar-refractivity contribution in [2.75, 3.05) is 27.4 Å². The van der Waals surface area contributed by atoms with E-state index in [0.717, 1.165) is 5.56 Å². The van der Waals surface area contributed by atoms with Crippen LogP contribution in [0.15, 0.2) is 24.3 Å². The lowest BCUT2D eigenvalue weighted by atomic mass is 10.2. The molecule has 18 heavy (non-hydrogen) atoms. The van der Waals surface area contributed by atoms with Gasteiger partial charge in [-0.25, -0.2) is 4.79 Å². The lowest BCUT2D eigenvalue weighted by molar-refractivity contribution is -0.142. The number of aliphatic hydroxyl groups excluding tert-OH is 1. The first-order valence-electron chi connectivity index (χ1n) is 5.35. The van der Waals surface area contributed by atoms with Gasteiger partial charge >= 0.3 is 5.97 Å². The monoisotopic (exact) mass is 252 g/mol. The van der Waals surface area contributed by atoms with Crippen LogP contribution in [0.4, 0.5) is 0 Å². The van der Waals surface area contributed by atoms with Gasteiger partial charge < -0.3 is 19.3 Å². The van der Waals surface area contributed by atoms with E-state index in [1.54, 1.807) is 37.5 Å². The van der Waals surface area contributed by atoms with Gasteiger partial charge in [-0.05, 0) is 17.7 Å². The Morgan fingerprint density at radius 2 is 2.00 bits per heavy atom. The van der Waals surface area contributed by atoms with Crippen LogP contribution in [0.5, 0.6) is 11.5 Å². The Labute approximate surface area is 106 Å². The Hall–Kier alpha value is -2.01. The first-order valence-corrected chi connectivity index (χ1v) is 5.35. The molecule has 1 N–H and O–H groups in total. The Morgan fingerprint density at radius 1 is 1.28 bits per heavy atom. The maximum atomic E-state index is 11.0. The van der Waals surface area contributed by atoms with Crippen molar-refractivity contribution in [3.05, 3.63) is 29.8 Å². The summed E-state index contributed by atoms with van der Waals surface area (Å²) in [7, 11) is 2.84. The van der Waals surface area contributed by atoms with Crippen LogP contribution in [0.25, 0.3) is 6.08 Å². The minimum absolute atomic E-state index is 0.0461. The minimum Gasteiger partial charge on any atom is -0.497 e. The average molecular weight is 252 g/mol. The van der Waals surface area contributed by atoms with Crippen molar-refractivity contribution in [3.63, 3.8) is 0 Å². The Kier molecular flexibility index (Phi) is 5.73. The van der Waals surface area contributed by atoms with Gasteiger partial charge in [-0.15, -0.1) is 0 Å². The summed E-state index contributed by atoms with van der Waals surface area (Å²) in [4.78, 5) is 11.0. The van der Waals surface area contributed by atoms with E-state index in [1.165, 1.54) is 7.11 Å².